The lowest BCUT2D eigenvalue weighted by Gasteiger charge is -2.34. The first-order valence-corrected chi connectivity index (χ1v) is 11.9. The van der Waals surface area contributed by atoms with E-state index >= 15 is 0 Å². The summed E-state index contributed by atoms with van der Waals surface area (Å²) < 4.78 is 33.1. The lowest BCUT2D eigenvalue weighted by molar-refractivity contribution is 0.0693. The number of nitrogens with one attached hydrogen (secondary N) is 1. The van der Waals surface area contributed by atoms with Gasteiger partial charge < -0.3 is 14.6 Å². The van der Waals surface area contributed by atoms with E-state index in [2.05, 4.69) is 4.98 Å². The normalized spacial score (nSPS) is 15.4. The highest BCUT2D eigenvalue weighted by Crippen LogP contribution is 2.24. The molecule has 1 aliphatic rings. The molecule has 7 nitrogen and oxygen atoms in total. The Balaban J connectivity index is 1.47. The standard InChI is InChI=1S/C23H27N3O4S/c1-4-30-19-7-6-18-14-21(24-20(18)15-19)23(27)25-9-11-26(12-10-25)31(28,29)22-8-5-16(2)13-17(22)3/h5-8,13-15,24H,4,9-12H2,1-3H3. The van der Waals surface area contributed by atoms with Crippen molar-refractivity contribution in [1.82, 2.24) is 14.2 Å². The Kier molecular flexibility index (Phi) is 5.77. The third-order valence-electron chi connectivity index (χ3n) is 5.61. The molecular weight excluding hydrogens is 414 g/mol. The highest BCUT2D eigenvalue weighted by molar-refractivity contribution is 7.89. The molecule has 0 aliphatic carbocycles. The molecule has 2 heterocycles. The highest BCUT2D eigenvalue weighted by atomic mass is 32.2. The summed E-state index contributed by atoms with van der Waals surface area (Å²) in [6, 6.07) is 12.9. The van der Waals surface area contributed by atoms with Crippen molar-refractivity contribution < 1.29 is 17.9 Å². The molecule has 0 radical (unpaired) electrons. The quantitative estimate of drug-likeness (QED) is 0.658. The van der Waals surface area contributed by atoms with Gasteiger partial charge in [0.2, 0.25) is 10.0 Å². The van der Waals surface area contributed by atoms with E-state index in [0.29, 0.717) is 30.3 Å². The Morgan fingerprint density at radius 1 is 1.03 bits per heavy atom. The highest BCUT2D eigenvalue weighted by Gasteiger charge is 2.31. The minimum absolute atomic E-state index is 0.127. The van der Waals surface area contributed by atoms with Crippen LogP contribution < -0.4 is 4.74 Å². The van der Waals surface area contributed by atoms with E-state index in [-0.39, 0.29) is 19.0 Å². The molecule has 1 saturated heterocycles. The van der Waals surface area contributed by atoms with Crippen LogP contribution in [-0.4, -0.2) is 61.3 Å². The summed E-state index contributed by atoms with van der Waals surface area (Å²) in [5.74, 6) is 0.624. The number of aryl methyl sites for hydroxylation is 2. The number of aromatic nitrogens is 1. The SMILES string of the molecule is CCOc1ccc2cc(C(=O)N3CCN(S(=O)(=O)c4ccc(C)cc4C)CC3)[nH]c2c1. The molecule has 4 rings (SSSR count). The molecule has 164 valence electrons. The van der Waals surface area contributed by atoms with Gasteiger partial charge in [-0.2, -0.15) is 4.31 Å². The van der Waals surface area contributed by atoms with Gasteiger partial charge in [0, 0.05) is 43.1 Å². The topological polar surface area (TPSA) is 82.7 Å². The van der Waals surface area contributed by atoms with Gasteiger partial charge in [-0.1, -0.05) is 17.7 Å². The molecule has 1 amide bonds. The van der Waals surface area contributed by atoms with Crippen molar-refractivity contribution in [3.63, 3.8) is 0 Å². The van der Waals surface area contributed by atoms with Crippen LogP contribution in [0.1, 0.15) is 28.5 Å². The summed E-state index contributed by atoms with van der Waals surface area (Å²) in [6.45, 7) is 7.50. The molecule has 0 spiro atoms. The van der Waals surface area contributed by atoms with Crippen LogP contribution in [0.3, 0.4) is 0 Å². The van der Waals surface area contributed by atoms with Crippen LogP contribution in [0.25, 0.3) is 10.9 Å². The molecule has 3 aromatic rings. The zero-order valence-corrected chi connectivity index (χ0v) is 18.8. The lowest BCUT2D eigenvalue weighted by atomic mass is 10.2. The van der Waals surface area contributed by atoms with Gasteiger partial charge in [-0.15, -0.1) is 0 Å². The number of benzene rings is 2. The van der Waals surface area contributed by atoms with Crippen molar-refractivity contribution >= 4 is 26.8 Å². The number of fused-ring (bicyclic) bond motifs is 1. The van der Waals surface area contributed by atoms with Crippen LogP contribution in [0.15, 0.2) is 47.4 Å². The van der Waals surface area contributed by atoms with Gasteiger partial charge in [0.25, 0.3) is 5.91 Å². The Labute approximate surface area is 182 Å². The second-order valence-corrected chi connectivity index (χ2v) is 9.74. The second kappa shape index (κ2) is 8.36. The predicted octanol–water partition coefficient (Wildman–Crippen LogP) is 3.33. The Hall–Kier alpha value is -2.84. The molecule has 1 fully saturated rings. The maximum atomic E-state index is 13.1. The molecular formula is C23H27N3O4S. The first-order valence-electron chi connectivity index (χ1n) is 10.4. The largest absolute Gasteiger partial charge is 0.494 e. The number of sulfonamides is 1. The fourth-order valence-corrected chi connectivity index (χ4v) is 5.64. The molecule has 8 heteroatoms. The lowest BCUT2D eigenvalue weighted by Crippen LogP contribution is -2.50. The molecule has 2 aromatic carbocycles. The van der Waals surface area contributed by atoms with Crippen molar-refractivity contribution in [2.24, 2.45) is 0 Å². The number of carbonyl (C=O) groups is 1. The number of piperazine rings is 1. The van der Waals surface area contributed by atoms with Gasteiger partial charge in [0.1, 0.15) is 11.4 Å². The van der Waals surface area contributed by atoms with E-state index in [4.69, 9.17) is 4.74 Å². The van der Waals surface area contributed by atoms with E-state index in [1.807, 2.05) is 57.2 Å². The number of ether oxygens (including phenoxy) is 1. The van der Waals surface area contributed by atoms with E-state index in [1.165, 1.54) is 4.31 Å². The van der Waals surface area contributed by atoms with Gasteiger partial charge in [-0.25, -0.2) is 8.42 Å². The summed E-state index contributed by atoms with van der Waals surface area (Å²) in [4.78, 5) is 18.2. The molecule has 0 unspecified atom stereocenters. The van der Waals surface area contributed by atoms with E-state index < -0.39 is 10.0 Å². The maximum absolute atomic E-state index is 13.1. The minimum atomic E-state index is -3.58. The second-order valence-electron chi connectivity index (χ2n) is 7.83. The van der Waals surface area contributed by atoms with Crippen LogP contribution in [0, 0.1) is 13.8 Å². The van der Waals surface area contributed by atoms with Crippen molar-refractivity contribution in [3.8, 4) is 5.75 Å². The molecule has 0 bridgehead atoms. The Morgan fingerprint density at radius 2 is 1.77 bits per heavy atom. The zero-order chi connectivity index (χ0) is 22.2. The summed E-state index contributed by atoms with van der Waals surface area (Å²) in [6.07, 6.45) is 0. The molecule has 0 atom stereocenters. The van der Waals surface area contributed by atoms with Gasteiger partial charge in [0.15, 0.2) is 0 Å². The number of H-pyrrole nitrogens is 1. The van der Waals surface area contributed by atoms with E-state index in [9.17, 15) is 13.2 Å². The summed E-state index contributed by atoms with van der Waals surface area (Å²) >= 11 is 0. The van der Waals surface area contributed by atoms with Gasteiger partial charge >= 0.3 is 0 Å². The molecule has 1 aliphatic heterocycles. The summed E-state index contributed by atoms with van der Waals surface area (Å²) in [5.41, 5.74) is 3.10. The zero-order valence-electron chi connectivity index (χ0n) is 18.0. The molecule has 1 aromatic heterocycles. The van der Waals surface area contributed by atoms with Gasteiger partial charge in [-0.3, -0.25) is 4.79 Å². The molecule has 31 heavy (non-hydrogen) atoms. The number of amides is 1. The number of rotatable bonds is 5. The van der Waals surface area contributed by atoms with Gasteiger partial charge in [-0.05, 0) is 50.6 Å². The van der Waals surface area contributed by atoms with Crippen LogP contribution >= 0.6 is 0 Å². The van der Waals surface area contributed by atoms with E-state index in [0.717, 1.165) is 27.8 Å². The average Bonchev–Trinajstić information content (AvgIpc) is 3.17. The number of hydrogen-bond acceptors (Lipinski definition) is 4. The van der Waals surface area contributed by atoms with Crippen molar-refractivity contribution in [2.75, 3.05) is 32.8 Å². The summed E-state index contributed by atoms with van der Waals surface area (Å²) in [7, 11) is -3.58. The first-order chi connectivity index (χ1) is 14.8. The van der Waals surface area contributed by atoms with Crippen LogP contribution in [-0.2, 0) is 10.0 Å². The van der Waals surface area contributed by atoms with E-state index in [1.54, 1.807) is 11.0 Å². The fourth-order valence-electron chi connectivity index (χ4n) is 4.01. The van der Waals surface area contributed by atoms with Crippen molar-refractivity contribution in [2.45, 2.75) is 25.7 Å². The minimum Gasteiger partial charge on any atom is -0.494 e. The first kappa shape index (κ1) is 21.4. The monoisotopic (exact) mass is 441 g/mol. The predicted molar refractivity (Wildman–Crippen MR) is 120 cm³/mol. The smallest absolute Gasteiger partial charge is 0.270 e. The third-order valence-corrected chi connectivity index (χ3v) is 7.67. The van der Waals surface area contributed by atoms with Crippen molar-refractivity contribution in [1.29, 1.82) is 0 Å². The average molecular weight is 442 g/mol. The number of aromatic amines is 1. The van der Waals surface area contributed by atoms with Gasteiger partial charge in [0.05, 0.1) is 11.5 Å². The maximum Gasteiger partial charge on any atom is 0.270 e. The number of hydrogen-bond donors (Lipinski definition) is 1. The Bertz CT molecular complexity index is 1220. The third kappa shape index (κ3) is 4.18. The number of nitrogens with zero attached hydrogens (tertiary/aromatic N) is 2. The van der Waals surface area contributed by atoms with Crippen LogP contribution in [0.4, 0.5) is 0 Å². The molecule has 0 saturated carbocycles. The molecule has 1 N–H and O–H groups in total. The summed E-state index contributed by atoms with van der Waals surface area (Å²) in [5, 5.41) is 0.933. The van der Waals surface area contributed by atoms with Crippen molar-refractivity contribution in [3.05, 3.63) is 59.3 Å². The fraction of sp³-hybridized carbons (Fsp3) is 0.348. The number of carbonyl (C=O) groups excluding carboxylic acids is 1. The van der Waals surface area contributed by atoms with Crippen LogP contribution in [0.2, 0.25) is 0 Å². The Morgan fingerprint density at radius 3 is 2.45 bits per heavy atom. The van der Waals surface area contributed by atoms with Crippen LogP contribution in [0.5, 0.6) is 5.75 Å².